The van der Waals surface area contributed by atoms with Crippen LogP contribution in [-0.4, -0.2) is 48.9 Å². The van der Waals surface area contributed by atoms with E-state index in [1.54, 1.807) is 0 Å². The molecule has 0 radical (unpaired) electrons. The quantitative estimate of drug-likeness (QED) is 0.543. The largest absolute Gasteiger partial charge is 0 e. The van der Waals surface area contributed by atoms with Gasteiger partial charge in [0, 0.05) is 19.5 Å². The van der Waals surface area contributed by atoms with Gasteiger partial charge in [-0.1, -0.05) is 0 Å². The summed E-state index contributed by atoms with van der Waals surface area (Å²) >= 11 is 0.733. The topological polar surface area (TPSA) is 0 Å². The Morgan fingerprint density at radius 1 is 1.25 bits per heavy atom. The van der Waals surface area contributed by atoms with E-state index in [9.17, 15) is 0 Å². The molecule has 0 spiro atoms. The Morgan fingerprint density at radius 2 is 1.25 bits per heavy atom. The molecule has 14 valence electrons. The average molecular weight is 349 g/mol. The predicted octanol–water partition coefficient (Wildman–Crippen LogP) is -0.273. The molecule has 0 atom stereocenters. The fourth-order valence-corrected chi connectivity index (χ4v) is 0. The van der Waals surface area contributed by atoms with E-state index in [1.165, 1.54) is 0 Å². The van der Waals surface area contributed by atoms with Gasteiger partial charge in [0.25, 0.3) is 0 Å². The average Bonchev–Trinajstić information content (AvgIpc) is 1.00. The molecule has 4 heavy (non-hydrogen) atoms. The number of rotatable bonds is 0. The first-order valence-electron chi connectivity index (χ1n) is 0.289. The van der Waals surface area contributed by atoms with Gasteiger partial charge in [-0.15, -0.1) is 0 Å². The fourth-order valence-electron chi connectivity index (χ4n) is 0. The molecule has 0 unspecified atom stereocenters. The van der Waals surface area contributed by atoms with Gasteiger partial charge in [-0.25, -0.2) is 0 Å². The Kier molecular flexibility index (Phi) is 63.5. The van der Waals surface area contributed by atoms with Gasteiger partial charge in [-0.05, 0) is 0 Å². The Morgan fingerprint density at radius 3 is 1.25 bits per heavy atom. The van der Waals surface area contributed by atoms with E-state index >= 15 is 0 Å². The van der Waals surface area contributed by atoms with E-state index < -0.39 is 0 Å². The summed E-state index contributed by atoms with van der Waals surface area (Å²) in [5.41, 5.74) is 0. The van der Waals surface area contributed by atoms with Crippen LogP contribution in [0.25, 0.3) is 0 Å². The van der Waals surface area contributed by atoms with Gasteiger partial charge >= 0.3 is 81.2 Å². The SMILES string of the molecule is [BaH2].[S]=[Cd].[Zn]. The molecule has 0 fully saturated rings. The van der Waals surface area contributed by atoms with Crippen LogP contribution in [0, 0.1) is 0 Å². The van der Waals surface area contributed by atoms with Gasteiger partial charge in [-0.3, -0.25) is 0 Å². The van der Waals surface area contributed by atoms with Crippen LogP contribution in [0.15, 0.2) is 0 Å². The van der Waals surface area contributed by atoms with E-state index in [4.69, 9.17) is 0 Å². The summed E-state index contributed by atoms with van der Waals surface area (Å²) in [7, 11) is 4.25. The van der Waals surface area contributed by atoms with E-state index in [0.29, 0.717) is 0 Å². The van der Waals surface area contributed by atoms with Gasteiger partial charge in [-0.2, -0.15) is 0 Å². The van der Waals surface area contributed by atoms with Gasteiger partial charge in [0.1, 0.15) is 0 Å². The van der Waals surface area contributed by atoms with Gasteiger partial charge < -0.3 is 0 Å². The van der Waals surface area contributed by atoms with Crippen LogP contribution in [0.4, 0.5) is 0 Å². The molecule has 0 saturated heterocycles. The Labute approximate surface area is 97.8 Å². The maximum atomic E-state index is 4.25. The van der Waals surface area contributed by atoms with Crippen molar-refractivity contribution in [3.8, 4) is 0 Å². The molecule has 0 aliphatic heterocycles. The second-order valence-corrected chi connectivity index (χ2v) is 0. The first kappa shape index (κ1) is 15.7. The summed E-state index contributed by atoms with van der Waals surface area (Å²) in [5, 5.41) is 0. The normalized spacial score (nSPS) is 1.50. The molecule has 0 nitrogen and oxygen atoms in total. The molecular formula is H2BaCdSZn. The monoisotopic (exact) mass is 350 g/mol. The Bertz CT molecular complexity index is 8.00. The van der Waals surface area contributed by atoms with Crippen molar-refractivity contribution in [2.75, 3.05) is 0 Å². The molecule has 0 aromatic heterocycles. The second kappa shape index (κ2) is 16.2. The molecule has 0 aliphatic rings. The fraction of sp³-hybridized carbons (Fsp3) is 0. The zero-order chi connectivity index (χ0) is 2.00. The molecule has 0 aromatic rings. The third-order valence-corrected chi connectivity index (χ3v) is 0. The summed E-state index contributed by atoms with van der Waals surface area (Å²) in [6, 6.07) is 0. The van der Waals surface area contributed by atoms with E-state index in [2.05, 4.69) is 8.65 Å². The van der Waals surface area contributed by atoms with Crippen molar-refractivity contribution in [3.63, 3.8) is 0 Å². The zero-order valence-corrected chi connectivity index (χ0v) is 9.64. The molecule has 0 heterocycles. The third-order valence-electron chi connectivity index (χ3n) is 0. The van der Waals surface area contributed by atoms with Gasteiger partial charge in [0.2, 0.25) is 0 Å². The minimum atomic E-state index is 0. The van der Waals surface area contributed by atoms with Crippen molar-refractivity contribution < 1.29 is 43.2 Å². The Hall–Kier alpha value is 3.34. The van der Waals surface area contributed by atoms with Crippen LogP contribution in [0.5, 0.6) is 0 Å². The number of hydrogen-bond donors (Lipinski definition) is 0. The first-order valence-corrected chi connectivity index (χ1v) is 5.81. The zero-order valence-electron chi connectivity index (χ0n) is 1.82. The van der Waals surface area contributed by atoms with Crippen molar-refractivity contribution in [2.24, 2.45) is 0 Å². The van der Waals surface area contributed by atoms with Crippen molar-refractivity contribution in [2.45, 2.75) is 0 Å². The minimum Gasteiger partial charge on any atom is 0 e. The molecule has 0 rings (SSSR count). The van der Waals surface area contributed by atoms with Gasteiger partial charge in [0.05, 0.1) is 0 Å². The van der Waals surface area contributed by atoms with Gasteiger partial charge in [0.15, 0.2) is 0 Å². The van der Waals surface area contributed by atoms with E-state index in [0.717, 1.165) is 23.7 Å². The molecule has 0 saturated carbocycles. The van der Waals surface area contributed by atoms with Crippen molar-refractivity contribution in [1.82, 2.24) is 0 Å². The summed E-state index contributed by atoms with van der Waals surface area (Å²) in [6.45, 7) is 0. The van der Waals surface area contributed by atoms with Crippen LogP contribution < -0.4 is 0 Å². The molecule has 0 N–H and O–H groups in total. The van der Waals surface area contributed by atoms with Crippen molar-refractivity contribution in [3.05, 3.63) is 0 Å². The summed E-state index contributed by atoms with van der Waals surface area (Å²) in [6.07, 6.45) is 0. The molecule has 0 bridgehead atoms. The van der Waals surface area contributed by atoms with Crippen LogP contribution in [-0.2, 0) is 43.2 Å². The molecule has 4 heteroatoms. The number of hydrogen-bond acceptors (Lipinski definition) is 1. The van der Waals surface area contributed by atoms with Crippen LogP contribution in [0.2, 0.25) is 0 Å². The van der Waals surface area contributed by atoms with Crippen molar-refractivity contribution in [1.29, 1.82) is 0 Å². The van der Waals surface area contributed by atoms with E-state index in [-0.39, 0.29) is 68.4 Å². The maximum Gasteiger partial charge on any atom is 0 e. The first-order chi connectivity index (χ1) is 1.00. The third kappa shape index (κ3) is 9.01. The molecular weight excluding hydrogens is 347 g/mol. The molecule has 0 aromatic carbocycles. The summed E-state index contributed by atoms with van der Waals surface area (Å²) in [5.74, 6) is 0. The minimum absolute atomic E-state index is 0. The van der Waals surface area contributed by atoms with Crippen molar-refractivity contribution >= 4 is 57.5 Å². The van der Waals surface area contributed by atoms with Crippen LogP contribution in [0.3, 0.4) is 0 Å². The molecule has 0 amide bonds. The summed E-state index contributed by atoms with van der Waals surface area (Å²) in [4.78, 5) is 0. The predicted molar refractivity (Wildman–Crippen MR) is 16.1 cm³/mol. The smallest absolute Gasteiger partial charge is 0 e. The summed E-state index contributed by atoms with van der Waals surface area (Å²) < 4.78 is 0. The van der Waals surface area contributed by atoms with Crippen LogP contribution >= 0.6 is 8.65 Å². The maximum absolute atomic E-state index is 4.25. The van der Waals surface area contributed by atoms with Crippen LogP contribution in [0.1, 0.15) is 0 Å². The molecule has 0 aliphatic carbocycles. The standard InChI is InChI=1S/Ba.Cd.S.Zn.2H. The Balaban J connectivity index is -0.00000000500. The second-order valence-electron chi connectivity index (χ2n) is 0. The van der Waals surface area contributed by atoms with E-state index in [1.807, 2.05) is 0 Å².